The number of nitrogens with zero attached hydrogens (tertiary/aromatic N) is 3. The molecule has 290 valence electrons. The Bertz CT molecular complexity index is 1810. The molecule has 0 aliphatic carbocycles. The van der Waals surface area contributed by atoms with Crippen LogP contribution >= 0.6 is 11.8 Å². The van der Waals surface area contributed by atoms with Crippen molar-refractivity contribution < 1.29 is 37.1 Å². The van der Waals surface area contributed by atoms with E-state index in [1.54, 1.807) is 17.2 Å². The van der Waals surface area contributed by atoms with Crippen LogP contribution in [0.2, 0.25) is 0 Å². The van der Waals surface area contributed by atoms with Gasteiger partial charge < -0.3 is 20.5 Å². The summed E-state index contributed by atoms with van der Waals surface area (Å²) in [5.41, 5.74) is 7.58. The Hall–Kier alpha value is -4.69. The van der Waals surface area contributed by atoms with Crippen LogP contribution in [0, 0.1) is 17.0 Å². The van der Waals surface area contributed by atoms with Crippen LogP contribution < -0.4 is 11.1 Å². The van der Waals surface area contributed by atoms with Gasteiger partial charge in [-0.1, -0.05) is 51.1 Å². The zero-order chi connectivity index (χ0) is 39.4. The molecule has 1 aliphatic heterocycles. The molecule has 10 nitrogen and oxygen atoms in total. The van der Waals surface area contributed by atoms with Crippen molar-refractivity contribution >= 4 is 41.2 Å². The normalized spacial score (nSPS) is 14.0. The molecule has 2 aromatic carbocycles. The zero-order valence-corrected chi connectivity index (χ0v) is 31.7. The number of carbonyl (C=O) groups excluding carboxylic acids is 5. The number of Topliss-reactive ketones (excluding diaryl/α,β-unsaturated/α-hetero) is 1. The monoisotopic (exact) mass is 767 g/mol. The molecular weight excluding hydrogens is 720 g/mol. The van der Waals surface area contributed by atoms with Crippen molar-refractivity contribution in [3.05, 3.63) is 95.8 Å². The lowest BCUT2D eigenvalue weighted by Crippen LogP contribution is -2.45. The molecule has 0 fully saturated rings. The van der Waals surface area contributed by atoms with Crippen LogP contribution in [0.1, 0.15) is 63.8 Å². The minimum Gasteiger partial charge on any atom is -0.356 e. The number of nitrogens with one attached hydrogen (secondary N) is 1. The van der Waals surface area contributed by atoms with Gasteiger partial charge in [0.05, 0.1) is 18.3 Å². The third kappa shape index (κ3) is 11.9. The lowest BCUT2D eigenvalue weighted by molar-refractivity contribution is -0.140. The molecular formula is C40H48F3N5O5S. The van der Waals surface area contributed by atoms with Gasteiger partial charge in [-0.3, -0.25) is 28.9 Å². The minimum absolute atomic E-state index is 0.0206. The first kappa shape index (κ1) is 42.1. The predicted octanol–water partition coefficient (Wildman–Crippen LogP) is 5.60. The average Bonchev–Trinajstić information content (AvgIpc) is 3.68. The second-order valence-electron chi connectivity index (χ2n) is 14.3. The van der Waals surface area contributed by atoms with E-state index in [1.165, 1.54) is 11.8 Å². The number of aromatic nitrogens is 1. The number of hydrogen-bond donors (Lipinski definition) is 2. The van der Waals surface area contributed by atoms with Crippen molar-refractivity contribution in [2.24, 2.45) is 11.1 Å². The Labute approximate surface area is 318 Å². The maximum atomic E-state index is 15.1. The number of alkyl halides is 1. The summed E-state index contributed by atoms with van der Waals surface area (Å²) in [4.78, 5) is 64.6. The third-order valence-corrected chi connectivity index (χ3v) is 9.87. The zero-order valence-electron chi connectivity index (χ0n) is 30.9. The molecule has 0 bridgehead atoms. The smallest absolute Gasteiger partial charge is 0.254 e. The van der Waals surface area contributed by atoms with Crippen molar-refractivity contribution in [1.82, 2.24) is 19.7 Å². The predicted molar refractivity (Wildman–Crippen MR) is 203 cm³/mol. The van der Waals surface area contributed by atoms with E-state index in [1.807, 2.05) is 55.7 Å². The maximum absolute atomic E-state index is 15.1. The van der Waals surface area contributed by atoms with Crippen LogP contribution in [-0.2, 0) is 30.5 Å². The number of ketones is 1. The van der Waals surface area contributed by atoms with Crippen molar-refractivity contribution in [1.29, 1.82) is 0 Å². The number of nitrogens with two attached hydrogens (primary N) is 1. The Morgan fingerprint density at radius 1 is 0.981 bits per heavy atom. The number of hydrogen-bond acceptors (Lipinski definition) is 7. The summed E-state index contributed by atoms with van der Waals surface area (Å²) in [6.07, 6.45) is 4.72. The minimum atomic E-state index is -0.789. The van der Waals surface area contributed by atoms with Gasteiger partial charge in [-0.15, -0.1) is 0 Å². The lowest BCUT2D eigenvalue weighted by Gasteiger charge is -2.41. The highest BCUT2D eigenvalue weighted by molar-refractivity contribution is 7.99. The van der Waals surface area contributed by atoms with E-state index in [0.717, 1.165) is 40.8 Å². The van der Waals surface area contributed by atoms with E-state index in [2.05, 4.69) is 5.32 Å². The fraction of sp³-hybridized carbons (Fsp3) is 0.425. The van der Waals surface area contributed by atoms with Crippen LogP contribution in [0.4, 0.5) is 13.2 Å². The number of rotatable bonds is 20. The summed E-state index contributed by atoms with van der Waals surface area (Å²) in [6, 6.07) is 13.3. The maximum Gasteiger partial charge on any atom is 0.254 e. The number of halogens is 3. The molecule has 3 N–H and O–H groups in total. The van der Waals surface area contributed by atoms with E-state index in [-0.39, 0.29) is 67.8 Å². The third-order valence-electron chi connectivity index (χ3n) is 8.93. The fourth-order valence-electron chi connectivity index (χ4n) is 6.24. The molecule has 1 aromatic heterocycles. The Kier molecular flexibility index (Phi) is 15.3. The molecule has 54 heavy (non-hydrogen) atoms. The van der Waals surface area contributed by atoms with Gasteiger partial charge in [0.1, 0.15) is 18.3 Å². The molecule has 0 saturated carbocycles. The first-order valence-electron chi connectivity index (χ1n) is 17.9. The van der Waals surface area contributed by atoms with E-state index in [4.69, 9.17) is 5.73 Å². The van der Waals surface area contributed by atoms with Gasteiger partial charge in [-0.05, 0) is 48.1 Å². The largest absolute Gasteiger partial charge is 0.356 e. The van der Waals surface area contributed by atoms with Crippen LogP contribution in [-0.4, -0.2) is 87.6 Å². The SMILES string of the molecule is CC(C)(C)[C@H](c1cc(-c2cc(F)ccc2F)cn1Cc1ccccc1)N(CCC(N)CF)C(=O)CSCCC(=O)NCCCC(=O)CN1C(=O)C=CC1=O. The van der Waals surface area contributed by atoms with E-state index < -0.39 is 47.6 Å². The van der Waals surface area contributed by atoms with Gasteiger partial charge in [0, 0.05) is 79.4 Å². The number of carbonyl (C=O) groups is 5. The fourth-order valence-corrected chi connectivity index (χ4v) is 7.06. The van der Waals surface area contributed by atoms with Gasteiger partial charge in [-0.25, -0.2) is 13.2 Å². The van der Waals surface area contributed by atoms with Gasteiger partial charge in [-0.2, -0.15) is 11.8 Å². The molecule has 4 amide bonds. The van der Waals surface area contributed by atoms with Crippen molar-refractivity contribution in [3.63, 3.8) is 0 Å². The van der Waals surface area contributed by atoms with Crippen molar-refractivity contribution in [2.45, 2.75) is 65.1 Å². The molecule has 0 radical (unpaired) electrons. The molecule has 0 saturated heterocycles. The summed E-state index contributed by atoms with van der Waals surface area (Å²) in [5, 5.41) is 2.75. The van der Waals surface area contributed by atoms with Crippen LogP contribution in [0.5, 0.6) is 0 Å². The highest BCUT2D eigenvalue weighted by Gasteiger charge is 2.37. The van der Waals surface area contributed by atoms with Crippen LogP contribution in [0.3, 0.4) is 0 Å². The Balaban J connectivity index is 1.45. The summed E-state index contributed by atoms with van der Waals surface area (Å²) in [7, 11) is 0. The molecule has 1 unspecified atom stereocenters. The number of benzene rings is 2. The summed E-state index contributed by atoms with van der Waals surface area (Å²) < 4.78 is 44.9. The van der Waals surface area contributed by atoms with Crippen molar-refractivity contribution in [2.75, 3.05) is 37.8 Å². The molecule has 2 heterocycles. The van der Waals surface area contributed by atoms with Gasteiger partial charge in [0.25, 0.3) is 11.8 Å². The first-order valence-corrected chi connectivity index (χ1v) is 19.0. The van der Waals surface area contributed by atoms with Crippen molar-refractivity contribution in [3.8, 4) is 11.1 Å². The number of thioether (sulfide) groups is 1. The highest BCUT2D eigenvalue weighted by atomic mass is 32.2. The second kappa shape index (κ2) is 19.6. The lowest BCUT2D eigenvalue weighted by atomic mass is 9.82. The number of amides is 4. The summed E-state index contributed by atoms with van der Waals surface area (Å²) in [5.74, 6) is -2.68. The highest BCUT2D eigenvalue weighted by Crippen LogP contribution is 2.41. The van der Waals surface area contributed by atoms with E-state index in [0.29, 0.717) is 30.0 Å². The van der Waals surface area contributed by atoms with Gasteiger partial charge in [0.2, 0.25) is 11.8 Å². The number of imide groups is 1. The Morgan fingerprint density at radius 3 is 2.35 bits per heavy atom. The standard InChI is InChI=1S/C40H48F3N5O5S/c1-40(2,3)39(34-20-28(32-21-29(42)11-12-33(32)43)24-46(34)23-27-8-5-4-6-9-27)47(18-15-30(44)22-41)38(53)26-54-19-16-35(50)45-17-7-10-31(49)25-48-36(51)13-14-37(48)52/h4-6,8-9,11-14,20-21,24,30,39H,7,10,15-19,22-23,25-26,44H2,1-3H3,(H,45,50)/t30?,39-/m0/s1. The molecule has 3 aromatic rings. The molecule has 1 aliphatic rings. The van der Waals surface area contributed by atoms with Crippen LogP contribution in [0.15, 0.2) is 72.9 Å². The molecule has 14 heteroatoms. The molecule has 0 spiro atoms. The topological polar surface area (TPSA) is 135 Å². The summed E-state index contributed by atoms with van der Waals surface area (Å²) in [6.45, 7) is 5.62. The first-order chi connectivity index (χ1) is 25.7. The molecule has 4 rings (SSSR count). The Morgan fingerprint density at radius 2 is 1.69 bits per heavy atom. The van der Waals surface area contributed by atoms with Crippen LogP contribution in [0.25, 0.3) is 11.1 Å². The average molecular weight is 768 g/mol. The van der Waals surface area contributed by atoms with E-state index >= 15 is 4.39 Å². The molecule has 2 atom stereocenters. The second-order valence-corrected chi connectivity index (χ2v) is 15.4. The van der Waals surface area contributed by atoms with Gasteiger partial charge >= 0.3 is 0 Å². The quantitative estimate of drug-likeness (QED) is 0.113. The summed E-state index contributed by atoms with van der Waals surface area (Å²) >= 11 is 1.27. The van der Waals surface area contributed by atoms with Gasteiger partial charge in [0.15, 0.2) is 5.78 Å². The van der Waals surface area contributed by atoms with E-state index in [9.17, 15) is 32.8 Å².